The zero-order valence-corrected chi connectivity index (χ0v) is 6.69. The van der Waals surface area contributed by atoms with Crippen molar-refractivity contribution >= 4 is 30.3 Å². The van der Waals surface area contributed by atoms with Crippen LogP contribution in [0.1, 0.15) is 0 Å². The van der Waals surface area contributed by atoms with E-state index in [0.29, 0.717) is 6.00 Å². The Kier molecular flexibility index (Phi) is 3.73. The van der Waals surface area contributed by atoms with Gasteiger partial charge in [-0.15, -0.1) is 24.0 Å². The van der Waals surface area contributed by atoms with Crippen LogP contribution >= 0.6 is 24.0 Å². The van der Waals surface area contributed by atoms with E-state index in [-0.39, 0.29) is 12.4 Å². The Balaban J connectivity index is 0.000000640. The Morgan fingerprint density at radius 1 is 1.78 bits per heavy atom. The van der Waals surface area contributed by atoms with Gasteiger partial charge in [0, 0.05) is 7.05 Å². The molecule has 0 saturated heterocycles. The molecule has 54 valence electrons. The Labute approximate surface area is 65.7 Å². The van der Waals surface area contributed by atoms with Crippen LogP contribution in [0.3, 0.4) is 0 Å². The molecule has 0 unspecified atom stereocenters. The molecule has 9 heavy (non-hydrogen) atoms. The van der Waals surface area contributed by atoms with Crippen LogP contribution in [-0.4, -0.2) is 36.0 Å². The lowest BCUT2D eigenvalue weighted by molar-refractivity contribution is 0.290. The van der Waals surface area contributed by atoms with Gasteiger partial charge in [-0.25, -0.2) is 0 Å². The van der Waals surface area contributed by atoms with E-state index in [1.807, 2.05) is 11.9 Å². The van der Waals surface area contributed by atoms with Crippen molar-refractivity contribution < 1.29 is 0 Å². The maximum absolute atomic E-state index is 5.46. The maximum Gasteiger partial charge on any atom is 0.112 e. The van der Waals surface area contributed by atoms with Crippen LogP contribution in [0.4, 0.5) is 0 Å². The number of alkyl halides is 1. The van der Waals surface area contributed by atoms with Crippen LogP contribution in [-0.2, 0) is 0 Å². The Bertz CT molecular complexity index is 106. The molecule has 0 N–H and O–H groups in total. The van der Waals surface area contributed by atoms with Gasteiger partial charge in [-0.05, 0) is 0 Å². The molecule has 0 bridgehead atoms. The highest BCUT2D eigenvalue weighted by Gasteiger charge is 2.06. The van der Waals surface area contributed by atoms with Gasteiger partial charge in [-0.1, -0.05) is 0 Å². The predicted molar refractivity (Wildman–Crippen MR) is 40.9 cm³/mol. The Morgan fingerprint density at radius 2 is 2.44 bits per heavy atom. The van der Waals surface area contributed by atoms with E-state index in [0.717, 1.165) is 6.67 Å². The average molecular weight is 170 g/mol. The van der Waals surface area contributed by atoms with Crippen LogP contribution in [0.15, 0.2) is 5.10 Å². The fourth-order valence-corrected chi connectivity index (χ4v) is 0.698. The summed E-state index contributed by atoms with van der Waals surface area (Å²) in [6, 6.07) is 0.473. The van der Waals surface area contributed by atoms with Crippen LogP contribution in [0.2, 0.25) is 0 Å². The lowest BCUT2D eigenvalue weighted by Gasteiger charge is -2.10. The number of hydrogen-bond acceptors (Lipinski definition) is 3. The largest absolute Gasteiger partial charge is 0.345 e. The molecule has 5 heteroatoms. The molecule has 0 radical (unpaired) electrons. The van der Waals surface area contributed by atoms with Crippen LogP contribution in [0.5, 0.6) is 0 Å². The molecule has 0 aromatic rings. The Morgan fingerprint density at radius 3 is 2.67 bits per heavy atom. The second-order valence-electron chi connectivity index (χ2n) is 1.76. The van der Waals surface area contributed by atoms with Crippen molar-refractivity contribution in [2.24, 2.45) is 5.10 Å². The van der Waals surface area contributed by atoms with Gasteiger partial charge in [0.2, 0.25) is 0 Å². The summed E-state index contributed by atoms with van der Waals surface area (Å²) in [6.07, 6.45) is 1.75. The number of hydrazone groups is 1. The van der Waals surface area contributed by atoms with Gasteiger partial charge < -0.3 is 4.90 Å². The van der Waals surface area contributed by atoms with Gasteiger partial charge in [-0.2, -0.15) is 5.10 Å². The van der Waals surface area contributed by atoms with Gasteiger partial charge in [0.25, 0.3) is 0 Å². The van der Waals surface area contributed by atoms with Gasteiger partial charge in [0.1, 0.15) is 19.0 Å². The van der Waals surface area contributed by atoms with Crippen molar-refractivity contribution in [2.45, 2.75) is 0 Å². The molecule has 3 nitrogen and oxygen atoms in total. The number of halogens is 2. The molecule has 0 aliphatic carbocycles. The topological polar surface area (TPSA) is 18.8 Å². The molecule has 0 atom stereocenters. The standard InChI is InChI=1S/C4H8ClN3.ClH/c1-7-3-6-8(2-5)4-7;/h3H,2,4H2,1H3;1H. The molecular weight excluding hydrogens is 161 g/mol. The van der Waals surface area contributed by atoms with E-state index in [1.165, 1.54) is 0 Å². The first kappa shape index (κ1) is 8.85. The Hall–Kier alpha value is -0.150. The van der Waals surface area contributed by atoms with E-state index in [1.54, 1.807) is 11.3 Å². The lowest BCUT2D eigenvalue weighted by Crippen LogP contribution is -2.21. The minimum Gasteiger partial charge on any atom is -0.345 e. The molecule has 0 amide bonds. The number of nitrogens with zero attached hydrogens (tertiary/aromatic N) is 3. The normalized spacial score (nSPS) is 16.2. The summed E-state index contributed by atoms with van der Waals surface area (Å²) < 4.78 is 0. The monoisotopic (exact) mass is 169 g/mol. The third-order valence-corrected chi connectivity index (χ3v) is 1.21. The summed E-state index contributed by atoms with van der Waals surface area (Å²) >= 11 is 5.46. The molecule has 1 aliphatic rings. The van der Waals surface area contributed by atoms with Crippen molar-refractivity contribution in [2.75, 3.05) is 19.7 Å². The fourth-order valence-electron chi connectivity index (χ4n) is 0.560. The molecule has 1 heterocycles. The highest BCUT2D eigenvalue weighted by atomic mass is 35.5. The minimum atomic E-state index is 0. The summed E-state index contributed by atoms with van der Waals surface area (Å²) in [5.41, 5.74) is 0. The molecule has 0 aromatic heterocycles. The first-order valence-electron chi connectivity index (χ1n) is 2.38. The highest BCUT2D eigenvalue weighted by molar-refractivity contribution is 6.17. The summed E-state index contributed by atoms with van der Waals surface area (Å²) in [5.74, 6) is 0. The summed E-state index contributed by atoms with van der Waals surface area (Å²) in [5, 5.41) is 5.70. The summed E-state index contributed by atoms with van der Waals surface area (Å²) in [4.78, 5) is 1.96. The fraction of sp³-hybridized carbons (Fsp3) is 0.750. The first-order valence-corrected chi connectivity index (χ1v) is 2.91. The second-order valence-corrected chi connectivity index (χ2v) is 1.99. The van der Waals surface area contributed by atoms with Crippen molar-refractivity contribution in [3.05, 3.63) is 0 Å². The summed E-state index contributed by atoms with van der Waals surface area (Å²) in [7, 11) is 1.95. The zero-order chi connectivity index (χ0) is 5.98. The smallest absolute Gasteiger partial charge is 0.112 e. The van der Waals surface area contributed by atoms with Crippen LogP contribution in [0.25, 0.3) is 0 Å². The van der Waals surface area contributed by atoms with E-state index in [4.69, 9.17) is 11.6 Å². The molecule has 1 aliphatic heterocycles. The third-order valence-electron chi connectivity index (χ3n) is 0.936. The van der Waals surface area contributed by atoms with Crippen LogP contribution < -0.4 is 0 Å². The molecule has 0 fully saturated rings. The molecule has 0 saturated carbocycles. The molecule has 0 aromatic carbocycles. The predicted octanol–water partition coefficient (Wildman–Crippen LogP) is 0.753. The average Bonchev–Trinajstić information content (AvgIpc) is 2.14. The highest BCUT2D eigenvalue weighted by Crippen LogP contribution is 1.98. The van der Waals surface area contributed by atoms with E-state index >= 15 is 0 Å². The van der Waals surface area contributed by atoms with Gasteiger partial charge in [0.05, 0.1) is 0 Å². The van der Waals surface area contributed by atoms with E-state index in [9.17, 15) is 0 Å². The zero-order valence-electron chi connectivity index (χ0n) is 5.12. The third kappa shape index (κ3) is 2.28. The number of rotatable bonds is 1. The SMILES string of the molecule is CN1C=NN(CCl)C1.Cl. The summed E-state index contributed by atoms with van der Waals surface area (Å²) in [6.45, 7) is 0.809. The van der Waals surface area contributed by atoms with Crippen molar-refractivity contribution in [3.63, 3.8) is 0 Å². The number of hydrogen-bond donors (Lipinski definition) is 0. The molecule has 0 spiro atoms. The van der Waals surface area contributed by atoms with E-state index < -0.39 is 0 Å². The first-order chi connectivity index (χ1) is 3.83. The maximum atomic E-state index is 5.46. The van der Waals surface area contributed by atoms with Gasteiger partial charge in [0.15, 0.2) is 0 Å². The van der Waals surface area contributed by atoms with Crippen LogP contribution in [0, 0.1) is 0 Å². The van der Waals surface area contributed by atoms with Gasteiger partial charge >= 0.3 is 0 Å². The lowest BCUT2D eigenvalue weighted by atomic mass is 10.9. The van der Waals surface area contributed by atoms with Crippen molar-refractivity contribution in [3.8, 4) is 0 Å². The minimum absolute atomic E-state index is 0. The quantitative estimate of drug-likeness (QED) is 0.427. The van der Waals surface area contributed by atoms with Gasteiger partial charge in [-0.3, -0.25) is 5.01 Å². The second kappa shape index (κ2) is 3.80. The van der Waals surface area contributed by atoms with Crippen molar-refractivity contribution in [1.82, 2.24) is 9.91 Å². The van der Waals surface area contributed by atoms with Crippen molar-refractivity contribution in [1.29, 1.82) is 0 Å². The molecule has 1 rings (SSSR count). The van der Waals surface area contributed by atoms with E-state index in [2.05, 4.69) is 5.10 Å². The molecular formula is C4H9Cl2N3.